The zero-order valence-electron chi connectivity index (χ0n) is 18.8. The van der Waals surface area contributed by atoms with Crippen LogP contribution in [-0.2, 0) is 32.5 Å². The number of aromatic nitrogens is 2. The molecule has 0 radical (unpaired) electrons. The number of nitrogens with zero attached hydrogens (tertiary/aromatic N) is 3. The third kappa shape index (κ3) is 4.87. The molecule has 1 aliphatic rings. The molecule has 1 aromatic heterocycles. The number of ether oxygens (including phenoxy) is 2. The van der Waals surface area contributed by atoms with Crippen molar-refractivity contribution in [1.29, 1.82) is 0 Å². The van der Waals surface area contributed by atoms with E-state index in [1.54, 1.807) is 37.4 Å². The molecule has 1 amide bonds. The number of nitrogens with one attached hydrogen (secondary N) is 1. The third-order valence-electron chi connectivity index (χ3n) is 5.68. The smallest absolute Gasteiger partial charge is 0.243 e. The largest absolute Gasteiger partial charge is 0.495 e. The van der Waals surface area contributed by atoms with Gasteiger partial charge in [0.1, 0.15) is 11.6 Å². The molecule has 0 spiro atoms. The van der Waals surface area contributed by atoms with Gasteiger partial charge in [0.05, 0.1) is 41.9 Å². The number of rotatable bonds is 8. The molecule has 33 heavy (non-hydrogen) atoms. The molecule has 0 aliphatic carbocycles. The van der Waals surface area contributed by atoms with E-state index in [-0.39, 0.29) is 17.2 Å². The zero-order chi connectivity index (χ0) is 23.4. The Bertz CT molecular complexity index is 1250. The molecule has 1 N–H and O–H groups in total. The Morgan fingerprint density at radius 2 is 1.94 bits per heavy atom. The summed E-state index contributed by atoms with van der Waals surface area (Å²) in [5, 5.41) is 2.87. The molecule has 1 fully saturated rings. The lowest BCUT2D eigenvalue weighted by Crippen LogP contribution is -2.40. The van der Waals surface area contributed by atoms with Crippen LogP contribution in [0.4, 0.5) is 5.69 Å². The molecule has 2 heterocycles. The number of hydrogen-bond acceptors (Lipinski definition) is 6. The summed E-state index contributed by atoms with van der Waals surface area (Å²) in [7, 11) is -2.05. The number of para-hydroxylation sites is 2. The fourth-order valence-electron chi connectivity index (χ4n) is 3.99. The van der Waals surface area contributed by atoms with E-state index >= 15 is 0 Å². The van der Waals surface area contributed by atoms with Gasteiger partial charge in [0, 0.05) is 32.5 Å². The van der Waals surface area contributed by atoms with Crippen molar-refractivity contribution in [3.8, 4) is 5.75 Å². The molecule has 0 bridgehead atoms. The molecule has 176 valence electrons. The van der Waals surface area contributed by atoms with Crippen LogP contribution in [0, 0.1) is 0 Å². The van der Waals surface area contributed by atoms with Crippen molar-refractivity contribution in [2.75, 3.05) is 38.7 Å². The second kappa shape index (κ2) is 9.90. The Morgan fingerprint density at radius 3 is 2.67 bits per heavy atom. The first kappa shape index (κ1) is 23.2. The number of fused-ring (bicyclic) bond motifs is 1. The molecular weight excluding hydrogens is 444 g/mol. The normalized spacial score (nSPS) is 15.0. The fraction of sp³-hybridized carbons (Fsp3) is 0.391. The highest BCUT2D eigenvalue weighted by Crippen LogP contribution is 2.25. The minimum Gasteiger partial charge on any atom is -0.495 e. The van der Waals surface area contributed by atoms with Gasteiger partial charge in [0.15, 0.2) is 0 Å². The maximum Gasteiger partial charge on any atom is 0.243 e. The van der Waals surface area contributed by atoms with Gasteiger partial charge in [-0.2, -0.15) is 4.31 Å². The van der Waals surface area contributed by atoms with Crippen molar-refractivity contribution in [2.45, 2.75) is 31.2 Å². The Kier molecular flexibility index (Phi) is 6.96. The van der Waals surface area contributed by atoms with Gasteiger partial charge in [-0.25, -0.2) is 13.4 Å². The van der Waals surface area contributed by atoms with Gasteiger partial charge in [0.2, 0.25) is 15.9 Å². The van der Waals surface area contributed by atoms with Crippen molar-refractivity contribution in [3.63, 3.8) is 0 Å². The van der Waals surface area contributed by atoms with Crippen molar-refractivity contribution >= 4 is 32.7 Å². The SMILES string of the molecule is CCn1c(CCC(=O)Nc2ccccc2OC)nc2cc(S(=O)(=O)N3CCOCC3)ccc21. The first-order chi connectivity index (χ1) is 15.9. The highest BCUT2D eigenvalue weighted by molar-refractivity contribution is 7.89. The molecular formula is C23H28N4O5S. The Hall–Kier alpha value is -2.95. The van der Waals surface area contributed by atoms with Gasteiger partial charge in [-0.3, -0.25) is 4.79 Å². The van der Waals surface area contributed by atoms with Crippen molar-refractivity contribution in [2.24, 2.45) is 0 Å². The second-order valence-electron chi connectivity index (χ2n) is 7.69. The molecule has 9 nitrogen and oxygen atoms in total. The van der Waals surface area contributed by atoms with Crippen LogP contribution in [0.5, 0.6) is 5.75 Å². The lowest BCUT2D eigenvalue weighted by Gasteiger charge is -2.26. The number of amides is 1. The molecule has 2 aromatic carbocycles. The first-order valence-electron chi connectivity index (χ1n) is 10.9. The summed E-state index contributed by atoms with van der Waals surface area (Å²) in [5.41, 5.74) is 2.07. The maximum atomic E-state index is 13.0. The van der Waals surface area contributed by atoms with Crippen LogP contribution < -0.4 is 10.1 Å². The lowest BCUT2D eigenvalue weighted by molar-refractivity contribution is -0.116. The third-order valence-corrected chi connectivity index (χ3v) is 7.57. The predicted octanol–water partition coefficient (Wildman–Crippen LogP) is 2.66. The number of imidazole rings is 1. The van der Waals surface area contributed by atoms with Crippen LogP contribution in [-0.4, -0.2) is 61.6 Å². The number of methoxy groups -OCH3 is 1. The molecule has 0 unspecified atom stereocenters. The number of aryl methyl sites for hydroxylation is 2. The summed E-state index contributed by atoms with van der Waals surface area (Å²) in [4.78, 5) is 17.4. The minimum atomic E-state index is -3.60. The van der Waals surface area contributed by atoms with Crippen LogP contribution in [0.1, 0.15) is 19.2 Å². The molecule has 0 saturated carbocycles. The lowest BCUT2D eigenvalue weighted by atomic mass is 10.2. The van der Waals surface area contributed by atoms with Crippen LogP contribution in [0.3, 0.4) is 0 Å². The summed E-state index contributed by atoms with van der Waals surface area (Å²) < 4.78 is 40.0. The highest BCUT2D eigenvalue weighted by atomic mass is 32.2. The Labute approximate surface area is 193 Å². The van der Waals surface area contributed by atoms with E-state index in [1.165, 1.54) is 4.31 Å². The topological polar surface area (TPSA) is 103 Å². The van der Waals surface area contributed by atoms with Crippen LogP contribution >= 0.6 is 0 Å². The van der Waals surface area contributed by atoms with Gasteiger partial charge >= 0.3 is 0 Å². The van der Waals surface area contributed by atoms with E-state index in [1.807, 2.05) is 23.6 Å². The summed E-state index contributed by atoms with van der Waals surface area (Å²) in [6.07, 6.45) is 0.662. The molecule has 3 aromatic rings. The summed E-state index contributed by atoms with van der Waals surface area (Å²) >= 11 is 0. The fourth-order valence-corrected chi connectivity index (χ4v) is 5.41. The van der Waals surface area contributed by atoms with Crippen molar-refractivity contribution in [1.82, 2.24) is 13.9 Å². The van der Waals surface area contributed by atoms with Crippen LogP contribution in [0.2, 0.25) is 0 Å². The number of carbonyl (C=O) groups is 1. The van der Waals surface area contributed by atoms with E-state index in [2.05, 4.69) is 10.3 Å². The minimum absolute atomic E-state index is 0.148. The van der Waals surface area contributed by atoms with Crippen LogP contribution in [0.25, 0.3) is 11.0 Å². The molecule has 10 heteroatoms. The number of morpholine rings is 1. The van der Waals surface area contributed by atoms with E-state index in [0.29, 0.717) is 56.2 Å². The quantitative estimate of drug-likeness (QED) is 0.541. The monoisotopic (exact) mass is 472 g/mol. The average molecular weight is 473 g/mol. The number of anilines is 1. The van der Waals surface area contributed by atoms with Crippen LogP contribution in [0.15, 0.2) is 47.4 Å². The Balaban J connectivity index is 1.52. The summed E-state index contributed by atoms with van der Waals surface area (Å²) in [6, 6.07) is 12.3. The maximum absolute atomic E-state index is 13.0. The van der Waals surface area contributed by atoms with Gasteiger partial charge in [-0.15, -0.1) is 0 Å². The summed E-state index contributed by atoms with van der Waals surface area (Å²) in [5.74, 6) is 1.19. The van der Waals surface area contributed by atoms with Gasteiger partial charge in [-0.1, -0.05) is 12.1 Å². The molecule has 4 rings (SSSR count). The zero-order valence-corrected chi connectivity index (χ0v) is 19.6. The second-order valence-corrected chi connectivity index (χ2v) is 9.63. The molecule has 0 atom stereocenters. The molecule has 1 aliphatic heterocycles. The van der Waals surface area contributed by atoms with E-state index < -0.39 is 10.0 Å². The number of sulfonamides is 1. The Morgan fingerprint density at radius 1 is 1.18 bits per heavy atom. The number of hydrogen-bond donors (Lipinski definition) is 1. The van der Waals surface area contributed by atoms with Gasteiger partial charge in [-0.05, 0) is 37.3 Å². The van der Waals surface area contributed by atoms with Crippen molar-refractivity contribution in [3.05, 3.63) is 48.3 Å². The standard InChI is InChI=1S/C23H28N4O5S/c1-3-27-20-9-8-17(33(29,30)26-12-14-32-15-13-26)16-19(20)24-22(27)10-11-23(28)25-18-6-4-5-7-21(18)31-2/h4-9,16H,3,10-15H2,1-2H3,(H,25,28). The van der Waals surface area contributed by atoms with E-state index in [4.69, 9.17) is 9.47 Å². The number of carbonyl (C=O) groups excluding carboxylic acids is 1. The summed E-state index contributed by atoms with van der Waals surface area (Å²) in [6.45, 7) is 4.14. The van der Waals surface area contributed by atoms with Crippen molar-refractivity contribution < 1.29 is 22.7 Å². The average Bonchev–Trinajstić information content (AvgIpc) is 3.20. The van der Waals surface area contributed by atoms with Gasteiger partial charge in [0.25, 0.3) is 0 Å². The van der Waals surface area contributed by atoms with Gasteiger partial charge < -0.3 is 19.4 Å². The molecule has 1 saturated heterocycles. The first-order valence-corrected chi connectivity index (χ1v) is 12.4. The highest BCUT2D eigenvalue weighted by Gasteiger charge is 2.27. The van der Waals surface area contributed by atoms with E-state index in [0.717, 1.165) is 11.3 Å². The van der Waals surface area contributed by atoms with E-state index in [9.17, 15) is 13.2 Å². The predicted molar refractivity (Wildman–Crippen MR) is 125 cm³/mol. The number of benzene rings is 2.